The van der Waals surface area contributed by atoms with Crippen LogP contribution in [0.4, 0.5) is 0 Å². The van der Waals surface area contributed by atoms with E-state index in [1.807, 2.05) is 6.92 Å². The van der Waals surface area contributed by atoms with Crippen LogP contribution in [0, 0.1) is 11.8 Å². The van der Waals surface area contributed by atoms with E-state index >= 15 is 0 Å². The van der Waals surface area contributed by atoms with Crippen molar-refractivity contribution in [2.75, 3.05) is 6.61 Å². The van der Waals surface area contributed by atoms with Crippen molar-refractivity contribution in [1.82, 2.24) is 0 Å². The molecule has 14 heavy (non-hydrogen) atoms. The summed E-state index contributed by atoms with van der Waals surface area (Å²) < 4.78 is 5.66. The highest BCUT2D eigenvalue weighted by Crippen LogP contribution is 2.45. The number of hydrogen-bond acceptors (Lipinski definition) is 2. The molecule has 2 fully saturated rings. The van der Waals surface area contributed by atoms with Crippen molar-refractivity contribution >= 4 is 0 Å². The Kier molecular flexibility index (Phi) is 2.85. The molecule has 0 aromatic rings. The Morgan fingerprint density at radius 1 is 1.29 bits per heavy atom. The first-order valence-electron chi connectivity index (χ1n) is 5.95. The van der Waals surface area contributed by atoms with Gasteiger partial charge >= 0.3 is 0 Å². The largest absolute Gasteiger partial charge is 0.390 e. The lowest BCUT2D eigenvalue weighted by atomic mass is 9.65. The van der Waals surface area contributed by atoms with Gasteiger partial charge in [0.2, 0.25) is 0 Å². The van der Waals surface area contributed by atoms with Gasteiger partial charge in [0.05, 0.1) is 11.7 Å². The van der Waals surface area contributed by atoms with Gasteiger partial charge in [-0.2, -0.15) is 0 Å². The van der Waals surface area contributed by atoms with Gasteiger partial charge < -0.3 is 9.84 Å². The maximum atomic E-state index is 10.4. The Morgan fingerprint density at radius 2 is 2.07 bits per heavy atom. The molecule has 2 rings (SSSR count). The molecule has 4 atom stereocenters. The summed E-state index contributed by atoms with van der Waals surface area (Å²) in [6.45, 7) is 5.08. The summed E-state index contributed by atoms with van der Waals surface area (Å²) in [5, 5.41) is 10.4. The van der Waals surface area contributed by atoms with Crippen LogP contribution in [0.15, 0.2) is 0 Å². The molecular formula is C12H22O2. The van der Waals surface area contributed by atoms with Crippen LogP contribution in [-0.2, 0) is 4.74 Å². The minimum Gasteiger partial charge on any atom is -0.390 e. The van der Waals surface area contributed by atoms with Crippen molar-refractivity contribution in [3.8, 4) is 0 Å². The fraction of sp³-hybridized carbons (Fsp3) is 1.00. The minimum absolute atomic E-state index is 0.316. The Hall–Kier alpha value is -0.0800. The van der Waals surface area contributed by atoms with Gasteiger partial charge in [-0.1, -0.05) is 6.92 Å². The second-order valence-corrected chi connectivity index (χ2v) is 5.36. The lowest BCUT2D eigenvalue weighted by molar-refractivity contribution is -0.120. The van der Waals surface area contributed by atoms with Gasteiger partial charge in [0.15, 0.2) is 0 Å². The Morgan fingerprint density at radius 3 is 2.71 bits per heavy atom. The SMILES string of the molecule is CCOC1CC2CC(C)CC(O)(C2)C1. The first-order valence-corrected chi connectivity index (χ1v) is 5.95. The van der Waals surface area contributed by atoms with Crippen LogP contribution in [0.1, 0.15) is 46.0 Å². The standard InChI is InChI=1S/C12H22O2/c1-3-14-11-5-10-4-9(2)6-12(13,7-10)8-11/h9-11,13H,3-8H2,1-2H3. The Bertz CT molecular complexity index is 200. The third kappa shape index (κ3) is 2.12. The van der Waals surface area contributed by atoms with E-state index in [9.17, 15) is 5.11 Å². The third-order valence-electron chi connectivity index (χ3n) is 3.74. The van der Waals surface area contributed by atoms with Gasteiger partial charge in [0.25, 0.3) is 0 Å². The summed E-state index contributed by atoms with van der Waals surface area (Å²) in [4.78, 5) is 0. The maximum Gasteiger partial charge on any atom is 0.0677 e. The fourth-order valence-corrected chi connectivity index (χ4v) is 3.59. The van der Waals surface area contributed by atoms with E-state index in [4.69, 9.17) is 4.74 Å². The van der Waals surface area contributed by atoms with E-state index in [1.54, 1.807) is 0 Å². The predicted molar refractivity (Wildman–Crippen MR) is 56.1 cm³/mol. The fourth-order valence-electron chi connectivity index (χ4n) is 3.59. The molecule has 2 saturated carbocycles. The van der Waals surface area contributed by atoms with Crippen molar-refractivity contribution in [2.45, 2.75) is 57.7 Å². The summed E-state index contributed by atoms with van der Waals surface area (Å²) >= 11 is 0. The highest BCUT2D eigenvalue weighted by molar-refractivity contribution is 4.96. The normalized spacial score (nSPS) is 47.8. The van der Waals surface area contributed by atoms with Crippen molar-refractivity contribution in [3.05, 3.63) is 0 Å². The first-order chi connectivity index (χ1) is 6.61. The van der Waals surface area contributed by atoms with E-state index in [0.717, 1.165) is 25.9 Å². The molecule has 2 bridgehead atoms. The van der Waals surface area contributed by atoms with Gasteiger partial charge in [-0.25, -0.2) is 0 Å². The van der Waals surface area contributed by atoms with Crippen LogP contribution in [0.5, 0.6) is 0 Å². The molecule has 0 aliphatic heterocycles. The monoisotopic (exact) mass is 198 g/mol. The summed E-state index contributed by atoms with van der Waals surface area (Å²) in [6, 6.07) is 0. The van der Waals surface area contributed by atoms with Crippen LogP contribution in [0.3, 0.4) is 0 Å². The molecule has 1 N–H and O–H groups in total. The number of aliphatic hydroxyl groups is 1. The van der Waals surface area contributed by atoms with E-state index in [0.29, 0.717) is 17.9 Å². The van der Waals surface area contributed by atoms with Crippen LogP contribution >= 0.6 is 0 Å². The predicted octanol–water partition coefficient (Wildman–Crippen LogP) is 2.35. The minimum atomic E-state index is -0.402. The highest BCUT2D eigenvalue weighted by atomic mass is 16.5. The topological polar surface area (TPSA) is 29.5 Å². The Balaban J connectivity index is 2.01. The molecule has 0 radical (unpaired) electrons. The van der Waals surface area contributed by atoms with Crippen molar-refractivity contribution in [2.24, 2.45) is 11.8 Å². The van der Waals surface area contributed by atoms with Gasteiger partial charge in [-0.15, -0.1) is 0 Å². The molecule has 2 heteroatoms. The number of ether oxygens (including phenoxy) is 1. The second-order valence-electron chi connectivity index (χ2n) is 5.36. The molecule has 2 aliphatic rings. The summed E-state index contributed by atoms with van der Waals surface area (Å²) in [6.07, 6.45) is 5.62. The van der Waals surface area contributed by atoms with Crippen LogP contribution in [-0.4, -0.2) is 23.4 Å². The Labute approximate surface area is 86.6 Å². The van der Waals surface area contributed by atoms with Crippen LogP contribution in [0.25, 0.3) is 0 Å². The molecule has 2 nitrogen and oxygen atoms in total. The molecule has 0 amide bonds. The quantitative estimate of drug-likeness (QED) is 0.738. The van der Waals surface area contributed by atoms with E-state index in [-0.39, 0.29) is 0 Å². The van der Waals surface area contributed by atoms with Crippen molar-refractivity contribution < 1.29 is 9.84 Å². The molecule has 0 aromatic carbocycles. The summed E-state index contributed by atoms with van der Waals surface area (Å²) in [5.74, 6) is 1.40. The smallest absolute Gasteiger partial charge is 0.0677 e. The average molecular weight is 198 g/mol. The van der Waals surface area contributed by atoms with Crippen molar-refractivity contribution in [1.29, 1.82) is 0 Å². The number of fused-ring (bicyclic) bond motifs is 2. The zero-order valence-electron chi connectivity index (χ0n) is 9.33. The number of hydrogen-bond donors (Lipinski definition) is 1. The van der Waals surface area contributed by atoms with Crippen LogP contribution < -0.4 is 0 Å². The van der Waals surface area contributed by atoms with Gasteiger partial charge in [-0.3, -0.25) is 0 Å². The van der Waals surface area contributed by atoms with Gasteiger partial charge in [0, 0.05) is 13.0 Å². The molecule has 0 spiro atoms. The lowest BCUT2D eigenvalue weighted by Crippen LogP contribution is -2.47. The molecule has 0 heterocycles. The van der Waals surface area contributed by atoms with Crippen LogP contribution in [0.2, 0.25) is 0 Å². The van der Waals surface area contributed by atoms with Gasteiger partial charge in [0.1, 0.15) is 0 Å². The van der Waals surface area contributed by atoms with E-state index < -0.39 is 5.60 Å². The molecule has 0 saturated heterocycles. The zero-order chi connectivity index (χ0) is 10.2. The van der Waals surface area contributed by atoms with Crippen molar-refractivity contribution in [3.63, 3.8) is 0 Å². The first kappa shape index (κ1) is 10.4. The summed E-state index contributed by atoms with van der Waals surface area (Å²) in [7, 11) is 0. The third-order valence-corrected chi connectivity index (χ3v) is 3.74. The second kappa shape index (κ2) is 3.82. The van der Waals surface area contributed by atoms with E-state index in [2.05, 4.69) is 6.92 Å². The highest BCUT2D eigenvalue weighted by Gasteiger charge is 2.44. The molecule has 82 valence electrons. The molecule has 4 unspecified atom stereocenters. The average Bonchev–Trinajstić information content (AvgIpc) is 1.99. The summed E-state index contributed by atoms with van der Waals surface area (Å²) in [5.41, 5.74) is -0.402. The zero-order valence-corrected chi connectivity index (χ0v) is 9.33. The molecular weight excluding hydrogens is 176 g/mol. The lowest BCUT2D eigenvalue weighted by Gasteiger charge is -2.47. The number of rotatable bonds is 2. The molecule has 2 aliphatic carbocycles. The maximum absolute atomic E-state index is 10.4. The van der Waals surface area contributed by atoms with E-state index in [1.165, 1.54) is 12.8 Å². The molecule has 0 aromatic heterocycles. The van der Waals surface area contributed by atoms with Gasteiger partial charge in [-0.05, 0) is 44.4 Å².